The first-order valence-corrected chi connectivity index (χ1v) is 6.42. The van der Waals surface area contributed by atoms with Crippen molar-refractivity contribution in [1.29, 1.82) is 0 Å². The van der Waals surface area contributed by atoms with Crippen molar-refractivity contribution in [1.82, 2.24) is 4.31 Å². The van der Waals surface area contributed by atoms with Crippen LogP contribution in [0.25, 0.3) is 0 Å². The summed E-state index contributed by atoms with van der Waals surface area (Å²) < 4.78 is 25.0. The Labute approximate surface area is 91.5 Å². The van der Waals surface area contributed by atoms with Crippen LogP contribution >= 0.6 is 12.2 Å². The van der Waals surface area contributed by atoms with Gasteiger partial charge < -0.3 is 5.73 Å². The third-order valence-corrected chi connectivity index (χ3v) is 5.27. The lowest BCUT2D eigenvalue weighted by molar-refractivity contribution is 0.379. The van der Waals surface area contributed by atoms with Crippen molar-refractivity contribution >= 4 is 27.2 Å². The van der Waals surface area contributed by atoms with Gasteiger partial charge in [-0.15, -0.1) is 0 Å². The number of thiocarbonyl (C=S) groups is 1. The van der Waals surface area contributed by atoms with Crippen LogP contribution in [0.15, 0.2) is 0 Å². The first-order chi connectivity index (χ1) is 6.25. The van der Waals surface area contributed by atoms with Gasteiger partial charge in [-0.3, -0.25) is 0 Å². The van der Waals surface area contributed by atoms with E-state index in [0.717, 1.165) is 6.42 Å². The molecule has 6 heteroatoms. The Morgan fingerprint density at radius 2 is 1.93 bits per heavy atom. The number of nitrogens with two attached hydrogens (primary N) is 1. The van der Waals surface area contributed by atoms with Gasteiger partial charge in [-0.25, -0.2) is 12.7 Å². The summed E-state index contributed by atoms with van der Waals surface area (Å²) in [5.41, 5.74) is 5.33. The molecule has 0 aliphatic carbocycles. The van der Waals surface area contributed by atoms with E-state index in [4.69, 9.17) is 5.73 Å². The standard InChI is InChI=1S/C8H18N2O2S2/c1-5-6(2)10(4)14(11,12)7(3)8(9)13/h6-7H,5H2,1-4H3,(H2,9,13). The summed E-state index contributed by atoms with van der Waals surface area (Å²) in [6.07, 6.45) is 0.764. The summed E-state index contributed by atoms with van der Waals surface area (Å²) in [5.74, 6) is 0. The first-order valence-electron chi connectivity index (χ1n) is 4.51. The largest absolute Gasteiger partial charge is 0.392 e. The maximum atomic E-state index is 11.8. The molecule has 0 saturated carbocycles. The Bertz CT molecular complexity index is 300. The Hall–Kier alpha value is -0.200. The van der Waals surface area contributed by atoms with Gasteiger partial charge in [0.15, 0.2) is 0 Å². The molecular weight excluding hydrogens is 220 g/mol. The van der Waals surface area contributed by atoms with Crippen molar-refractivity contribution in [2.45, 2.75) is 38.5 Å². The molecule has 84 valence electrons. The minimum atomic E-state index is -3.38. The van der Waals surface area contributed by atoms with E-state index in [1.54, 1.807) is 7.05 Å². The minimum Gasteiger partial charge on any atom is -0.392 e. The average Bonchev–Trinajstić information content (AvgIpc) is 2.13. The quantitative estimate of drug-likeness (QED) is 0.717. The van der Waals surface area contributed by atoms with E-state index in [1.165, 1.54) is 11.2 Å². The molecule has 0 bridgehead atoms. The molecule has 0 aliphatic heterocycles. The fourth-order valence-corrected chi connectivity index (χ4v) is 2.71. The molecule has 0 rings (SSSR count). The summed E-state index contributed by atoms with van der Waals surface area (Å²) in [5, 5.41) is -0.795. The van der Waals surface area contributed by atoms with Crippen molar-refractivity contribution in [3.63, 3.8) is 0 Å². The molecule has 0 amide bonds. The van der Waals surface area contributed by atoms with E-state index in [1.807, 2.05) is 13.8 Å². The first kappa shape index (κ1) is 13.8. The van der Waals surface area contributed by atoms with Crippen LogP contribution < -0.4 is 5.73 Å². The molecule has 0 aromatic heterocycles. The third-order valence-electron chi connectivity index (χ3n) is 2.46. The second-order valence-corrected chi connectivity index (χ2v) is 6.15. The highest BCUT2D eigenvalue weighted by atomic mass is 32.2. The predicted molar refractivity (Wildman–Crippen MR) is 62.7 cm³/mol. The van der Waals surface area contributed by atoms with Gasteiger partial charge in [0.1, 0.15) is 5.25 Å². The number of hydrogen-bond donors (Lipinski definition) is 1. The van der Waals surface area contributed by atoms with Crippen LogP contribution in [0.4, 0.5) is 0 Å². The molecule has 2 atom stereocenters. The van der Waals surface area contributed by atoms with Crippen molar-refractivity contribution < 1.29 is 8.42 Å². The Balaban J connectivity index is 4.88. The predicted octanol–water partition coefficient (Wildman–Crippen LogP) is 0.721. The lowest BCUT2D eigenvalue weighted by Gasteiger charge is -2.26. The van der Waals surface area contributed by atoms with Crippen molar-refractivity contribution in [3.05, 3.63) is 0 Å². The summed E-state index contributed by atoms with van der Waals surface area (Å²) in [7, 11) is -1.83. The molecule has 14 heavy (non-hydrogen) atoms. The zero-order valence-electron chi connectivity index (χ0n) is 9.02. The maximum Gasteiger partial charge on any atom is 0.223 e. The number of hydrogen-bond acceptors (Lipinski definition) is 3. The summed E-state index contributed by atoms with van der Waals surface area (Å²) in [6, 6.07) is -0.0307. The van der Waals surface area contributed by atoms with Crippen molar-refractivity contribution in [2.24, 2.45) is 5.73 Å². The van der Waals surface area contributed by atoms with Gasteiger partial charge in [0.05, 0.1) is 4.99 Å². The lowest BCUT2D eigenvalue weighted by Crippen LogP contribution is -2.44. The van der Waals surface area contributed by atoms with Crippen LogP contribution in [0, 0.1) is 0 Å². The highest BCUT2D eigenvalue weighted by Crippen LogP contribution is 2.12. The number of nitrogens with zero attached hydrogens (tertiary/aromatic N) is 1. The van der Waals surface area contributed by atoms with Gasteiger partial charge in [0.25, 0.3) is 0 Å². The fourth-order valence-electron chi connectivity index (χ4n) is 0.904. The maximum absolute atomic E-state index is 11.8. The monoisotopic (exact) mass is 238 g/mol. The van der Waals surface area contributed by atoms with Gasteiger partial charge in [0, 0.05) is 13.1 Å². The Kier molecular flexibility index (Phi) is 4.97. The molecule has 0 radical (unpaired) electrons. The molecule has 4 nitrogen and oxygen atoms in total. The SMILES string of the molecule is CCC(C)N(C)S(=O)(=O)C(C)C(N)=S. The zero-order valence-corrected chi connectivity index (χ0v) is 10.7. The van der Waals surface area contributed by atoms with E-state index in [2.05, 4.69) is 12.2 Å². The van der Waals surface area contributed by atoms with Gasteiger partial charge in [-0.2, -0.15) is 0 Å². The average molecular weight is 238 g/mol. The fraction of sp³-hybridized carbons (Fsp3) is 0.875. The van der Waals surface area contributed by atoms with Gasteiger partial charge in [-0.1, -0.05) is 19.1 Å². The van der Waals surface area contributed by atoms with Crippen molar-refractivity contribution in [2.75, 3.05) is 7.05 Å². The highest BCUT2D eigenvalue weighted by Gasteiger charge is 2.30. The van der Waals surface area contributed by atoms with Crippen LogP contribution in [0.1, 0.15) is 27.2 Å². The second kappa shape index (κ2) is 5.04. The molecule has 0 aromatic carbocycles. The van der Waals surface area contributed by atoms with Gasteiger partial charge in [0.2, 0.25) is 10.0 Å². The Morgan fingerprint density at radius 1 is 1.50 bits per heavy atom. The van der Waals surface area contributed by atoms with E-state index in [-0.39, 0.29) is 11.0 Å². The molecule has 0 saturated heterocycles. The van der Waals surface area contributed by atoms with Gasteiger partial charge in [-0.05, 0) is 20.3 Å². The van der Waals surface area contributed by atoms with E-state index >= 15 is 0 Å². The molecular formula is C8H18N2O2S2. The second-order valence-electron chi connectivity index (χ2n) is 3.36. The summed E-state index contributed by atoms with van der Waals surface area (Å²) >= 11 is 4.68. The van der Waals surface area contributed by atoms with Crippen molar-refractivity contribution in [3.8, 4) is 0 Å². The summed E-state index contributed by atoms with van der Waals surface area (Å²) in [6.45, 7) is 5.29. The summed E-state index contributed by atoms with van der Waals surface area (Å²) in [4.78, 5) is 0.0140. The lowest BCUT2D eigenvalue weighted by atomic mass is 10.3. The third kappa shape index (κ3) is 2.90. The molecule has 2 N–H and O–H groups in total. The molecule has 0 heterocycles. The highest BCUT2D eigenvalue weighted by molar-refractivity contribution is 7.92. The van der Waals surface area contributed by atoms with E-state index in [0.29, 0.717) is 0 Å². The molecule has 2 unspecified atom stereocenters. The van der Waals surface area contributed by atoms with Crippen LogP contribution in [0.5, 0.6) is 0 Å². The smallest absolute Gasteiger partial charge is 0.223 e. The normalized spacial score (nSPS) is 16.6. The number of sulfonamides is 1. The zero-order chi connectivity index (χ0) is 11.5. The van der Waals surface area contributed by atoms with Gasteiger partial charge >= 0.3 is 0 Å². The topological polar surface area (TPSA) is 63.4 Å². The Morgan fingerprint density at radius 3 is 2.21 bits per heavy atom. The van der Waals surface area contributed by atoms with Crippen LogP contribution in [0.2, 0.25) is 0 Å². The molecule has 0 spiro atoms. The van der Waals surface area contributed by atoms with Crippen LogP contribution in [0.3, 0.4) is 0 Å². The van der Waals surface area contributed by atoms with Crippen LogP contribution in [-0.2, 0) is 10.0 Å². The van der Waals surface area contributed by atoms with E-state index < -0.39 is 15.3 Å². The molecule has 0 aromatic rings. The van der Waals surface area contributed by atoms with Crippen LogP contribution in [-0.4, -0.2) is 36.1 Å². The molecule has 0 aliphatic rings. The number of rotatable bonds is 5. The molecule has 0 fully saturated rings. The van der Waals surface area contributed by atoms with E-state index in [9.17, 15) is 8.42 Å². The minimum absolute atomic E-state index is 0.0140.